The number of aryl methyl sites for hydroxylation is 1. The number of anilines is 1. The van der Waals surface area contributed by atoms with Gasteiger partial charge in [0.1, 0.15) is 12.4 Å². The van der Waals surface area contributed by atoms with E-state index in [-0.39, 0.29) is 11.9 Å². The molecular formula is C19H21NO2. The molecule has 1 aliphatic heterocycles. The number of benzene rings is 2. The fraction of sp³-hybridized carbons (Fsp3) is 0.316. The lowest BCUT2D eigenvalue weighted by atomic mass is 9.99. The van der Waals surface area contributed by atoms with Gasteiger partial charge in [-0.3, -0.25) is 4.79 Å². The van der Waals surface area contributed by atoms with Crippen LogP contribution in [0, 0.1) is 0 Å². The van der Waals surface area contributed by atoms with E-state index in [0.29, 0.717) is 13.0 Å². The zero-order chi connectivity index (χ0) is 15.5. The summed E-state index contributed by atoms with van der Waals surface area (Å²) in [7, 11) is 0. The second kappa shape index (κ2) is 6.22. The van der Waals surface area contributed by atoms with Crippen molar-refractivity contribution in [2.45, 2.75) is 39.3 Å². The highest BCUT2D eigenvalue weighted by atomic mass is 16.5. The molecule has 0 bridgehead atoms. The molecule has 22 heavy (non-hydrogen) atoms. The van der Waals surface area contributed by atoms with Crippen LogP contribution in [-0.4, -0.2) is 11.9 Å². The van der Waals surface area contributed by atoms with E-state index in [1.807, 2.05) is 49.1 Å². The Hall–Kier alpha value is -2.29. The summed E-state index contributed by atoms with van der Waals surface area (Å²) in [6.45, 7) is 4.66. The summed E-state index contributed by atoms with van der Waals surface area (Å²) < 4.78 is 5.88. The molecule has 0 spiro atoms. The first-order valence-corrected chi connectivity index (χ1v) is 7.77. The van der Waals surface area contributed by atoms with E-state index in [1.54, 1.807) is 0 Å². The zero-order valence-electron chi connectivity index (χ0n) is 13.1. The van der Waals surface area contributed by atoms with Crippen LogP contribution < -0.4 is 9.64 Å². The smallest absolute Gasteiger partial charge is 0.227 e. The highest BCUT2D eigenvalue weighted by Crippen LogP contribution is 2.32. The topological polar surface area (TPSA) is 29.5 Å². The van der Waals surface area contributed by atoms with Crippen LogP contribution in [0.5, 0.6) is 5.75 Å². The van der Waals surface area contributed by atoms with E-state index >= 15 is 0 Å². The Morgan fingerprint density at radius 3 is 2.59 bits per heavy atom. The van der Waals surface area contributed by atoms with E-state index in [1.165, 1.54) is 5.56 Å². The average Bonchev–Trinajstić information content (AvgIpc) is 2.53. The lowest BCUT2D eigenvalue weighted by molar-refractivity contribution is -0.119. The summed E-state index contributed by atoms with van der Waals surface area (Å²) in [5.74, 6) is 1.07. The van der Waals surface area contributed by atoms with Crippen LogP contribution >= 0.6 is 0 Å². The van der Waals surface area contributed by atoms with Crippen molar-refractivity contribution in [1.82, 2.24) is 0 Å². The van der Waals surface area contributed by atoms with Crippen molar-refractivity contribution in [3.05, 3.63) is 59.7 Å². The maximum Gasteiger partial charge on any atom is 0.227 e. The van der Waals surface area contributed by atoms with Gasteiger partial charge in [-0.1, -0.05) is 30.3 Å². The molecular weight excluding hydrogens is 274 g/mol. The average molecular weight is 295 g/mol. The molecule has 0 aliphatic carbocycles. The molecule has 1 heterocycles. The van der Waals surface area contributed by atoms with Gasteiger partial charge < -0.3 is 9.64 Å². The van der Waals surface area contributed by atoms with Crippen LogP contribution in [0.2, 0.25) is 0 Å². The fourth-order valence-corrected chi connectivity index (χ4v) is 2.89. The number of fused-ring (bicyclic) bond motifs is 1. The van der Waals surface area contributed by atoms with E-state index in [9.17, 15) is 4.79 Å². The van der Waals surface area contributed by atoms with Crippen molar-refractivity contribution in [2.75, 3.05) is 4.90 Å². The van der Waals surface area contributed by atoms with E-state index < -0.39 is 0 Å². The van der Waals surface area contributed by atoms with Crippen molar-refractivity contribution in [1.29, 1.82) is 0 Å². The lowest BCUT2D eigenvalue weighted by Gasteiger charge is -2.32. The number of carbonyl (C=O) groups is 1. The summed E-state index contributed by atoms with van der Waals surface area (Å²) in [6.07, 6.45) is 1.37. The molecule has 0 fully saturated rings. The number of nitrogens with zero attached hydrogens (tertiary/aromatic N) is 1. The first-order chi connectivity index (χ1) is 10.6. The first kappa shape index (κ1) is 14.6. The van der Waals surface area contributed by atoms with Gasteiger partial charge in [0.15, 0.2) is 0 Å². The predicted molar refractivity (Wildman–Crippen MR) is 88.2 cm³/mol. The summed E-state index contributed by atoms with van der Waals surface area (Å²) in [6, 6.07) is 16.3. The van der Waals surface area contributed by atoms with Crippen LogP contribution in [0.25, 0.3) is 0 Å². The third-order valence-electron chi connectivity index (χ3n) is 3.95. The van der Waals surface area contributed by atoms with Crippen LogP contribution in [-0.2, 0) is 17.8 Å². The summed E-state index contributed by atoms with van der Waals surface area (Å²) in [4.78, 5) is 14.0. The number of hydrogen-bond donors (Lipinski definition) is 0. The molecule has 1 aliphatic rings. The Bertz CT molecular complexity index is 664. The number of amides is 1. The molecule has 0 radical (unpaired) electrons. The SMILES string of the molecule is CC(C)N1C(=O)CCc2cc(OCc3ccccc3)ccc21. The van der Waals surface area contributed by atoms with Crippen molar-refractivity contribution in [2.24, 2.45) is 0 Å². The Labute approximate surface area is 131 Å². The Morgan fingerprint density at radius 1 is 1.09 bits per heavy atom. The molecule has 1 amide bonds. The van der Waals surface area contributed by atoms with Crippen molar-refractivity contribution < 1.29 is 9.53 Å². The molecule has 0 aromatic heterocycles. The van der Waals surface area contributed by atoms with Gasteiger partial charge in [-0.25, -0.2) is 0 Å². The third-order valence-corrected chi connectivity index (χ3v) is 3.95. The Kier molecular flexibility index (Phi) is 4.14. The maximum atomic E-state index is 12.1. The predicted octanol–water partition coefficient (Wildman–Crippen LogP) is 3.95. The Morgan fingerprint density at radius 2 is 1.86 bits per heavy atom. The number of hydrogen-bond acceptors (Lipinski definition) is 2. The van der Waals surface area contributed by atoms with E-state index in [4.69, 9.17) is 4.74 Å². The highest BCUT2D eigenvalue weighted by Gasteiger charge is 2.26. The zero-order valence-corrected chi connectivity index (χ0v) is 13.1. The molecule has 0 N–H and O–H groups in total. The van der Waals surface area contributed by atoms with Gasteiger partial charge in [-0.2, -0.15) is 0 Å². The Balaban J connectivity index is 1.78. The highest BCUT2D eigenvalue weighted by molar-refractivity contribution is 5.97. The third kappa shape index (κ3) is 2.98. The monoisotopic (exact) mass is 295 g/mol. The minimum absolute atomic E-state index is 0.183. The second-order valence-electron chi connectivity index (χ2n) is 5.92. The van der Waals surface area contributed by atoms with Crippen LogP contribution in [0.4, 0.5) is 5.69 Å². The molecule has 2 aromatic carbocycles. The minimum Gasteiger partial charge on any atom is -0.489 e. The van der Waals surface area contributed by atoms with Crippen LogP contribution in [0.3, 0.4) is 0 Å². The molecule has 3 rings (SSSR count). The molecule has 0 atom stereocenters. The molecule has 3 nitrogen and oxygen atoms in total. The van der Waals surface area contributed by atoms with Gasteiger partial charge in [-0.05, 0) is 49.6 Å². The van der Waals surface area contributed by atoms with E-state index in [2.05, 4.69) is 18.2 Å². The van der Waals surface area contributed by atoms with Crippen LogP contribution in [0.1, 0.15) is 31.4 Å². The van der Waals surface area contributed by atoms with Gasteiger partial charge in [0.05, 0.1) is 0 Å². The summed E-state index contributed by atoms with van der Waals surface area (Å²) in [5.41, 5.74) is 3.37. The molecule has 3 heteroatoms. The number of rotatable bonds is 4. The van der Waals surface area contributed by atoms with Gasteiger partial charge >= 0.3 is 0 Å². The molecule has 0 unspecified atom stereocenters. The molecule has 2 aromatic rings. The van der Waals surface area contributed by atoms with Crippen molar-refractivity contribution >= 4 is 11.6 Å². The van der Waals surface area contributed by atoms with Gasteiger partial charge in [0.25, 0.3) is 0 Å². The largest absolute Gasteiger partial charge is 0.489 e. The quantitative estimate of drug-likeness (QED) is 0.854. The first-order valence-electron chi connectivity index (χ1n) is 7.77. The normalized spacial score (nSPS) is 14.1. The summed E-state index contributed by atoms with van der Waals surface area (Å²) in [5, 5.41) is 0. The van der Waals surface area contributed by atoms with Crippen molar-refractivity contribution in [3.8, 4) is 5.75 Å². The molecule has 0 saturated heterocycles. The van der Waals surface area contributed by atoms with Gasteiger partial charge in [0, 0.05) is 18.2 Å². The fourth-order valence-electron chi connectivity index (χ4n) is 2.89. The number of carbonyl (C=O) groups excluding carboxylic acids is 1. The van der Waals surface area contributed by atoms with Crippen LogP contribution in [0.15, 0.2) is 48.5 Å². The van der Waals surface area contributed by atoms with Gasteiger partial charge in [-0.15, -0.1) is 0 Å². The molecule has 0 saturated carbocycles. The van der Waals surface area contributed by atoms with Crippen molar-refractivity contribution in [3.63, 3.8) is 0 Å². The minimum atomic E-state index is 0.183. The molecule has 114 valence electrons. The lowest BCUT2D eigenvalue weighted by Crippen LogP contribution is -2.40. The summed E-state index contributed by atoms with van der Waals surface area (Å²) >= 11 is 0. The van der Waals surface area contributed by atoms with Gasteiger partial charge in [0.2, 0.25) is 5.91 Å². The second-order valence-corrected chi connectivity index (χ2v) is 5.92. The maximum absolute atomic E-state index is 12.1. The number of ether oxygens (including phenoxy) is 1. The van der Waals surface area contributed by atoms with E-state index in [0.717, 1.165) is 23.4 Å². The standard InChI is InChI=1S/C19H21NO2/c1-14(2)20-18-10-9-17(12-16(18)8-11-19(20)21)22-13-15-6-4-3-5-7-15/h3-7,9-10,12,14H,8,11,13H2,1-2H3.